The highest BCUT2D eigenvalue weighted by atomic mass is 16.5. The molecular formula is C15H20O4. The van der Waals surface area contributed by atoms with Crippen LogP contribution in [0.15, 0.2) is 24.3 Å². The van der Waals surface area contributed by atoms with Gasteiger partial charge in [0.1, 0.15) is 5.75 Å². The van der Waals surface area contributed by atoms with Gasteiger partial charge in [0, 0.05) is 6.61 Å². The third-order valence-corrected chi connectivity index (χ3v) is 3.22. The number of hydrogen-bond donors (Lipinski definition) is 1. The molecule has 0 aliphatic carbocycles. The predicted octanol–water partition coefficient (Wildman–Crippen LogP) is 3.03. The highest BCUT2D eigenvalue weighted by Gasteiger charge is 2.32. The first-order valence-corrected chi connectivity index (χ1v) is 6.69. The number of carboxylic acid groups (broad SMARTS) is 1. The summed E-state index contributed by atoms with van der Waals surface area (Å²) in [4.78, 5) is 11.2. The average molecular weight is 264 g/mol. The quantitative estimate of drug-likeness (QED) is 0.908. The van der Waals surface area contributed by atoms with Crippen molar-refractivity contribution in [2.75, 3.05) is 6.61 Å². The minimum Gasteiger partial charge on any atom is -0.491 e. The fourth-order valence-electron chi connectivity index (χ4n) is 2.37. The van der Waals surface area contributed by atoms with Crippen LogP contribution in [0.2, 0.25) is 0 Å². The Bertz CT molecular complexity index is 424. The fourth-order valence-corrected chi connectivity index (χ4v) is 2.37. The molecule has 19 heavy (non-hydrogen) atoms. The number of rotatable bonds is 4. The molecule has 1 aromatic rings. The maximum absolute atomic E-state index is 11.2. The Hall–Kier alpha value is -1.55. The lowest BCUT2D eigenvalue weighted by molar-refractivity contribution is -0.151. The molecule has 0 bridgehead atoms. The van der Waals surface area contributed by atoms with Crippen LogP contribution in [0.4, 0.5) is 0 Å². The molecule has 1 heterocycles. The molecule has 0 aromatic heterocycles. The number of carbonyl (C=O) groups is 1. The highest BCUT2D eigenvalue weighted by Crippen LogP contribution is 2.34. The minimum atomic E-state index is -0.785. The van der Waals surface area contributed by atoms with E-state index in [4.69, 9.17) is 9.47 Å². The van der Waals surface area contributed by atoms with Crippen molar-refractivity contribution >= 4 is 5.97 Å². The van der Waals surface area contributed by atoms with Gasteiger partial charge in [0.2, 0.25) is 0 Å². The van der Waals surface area contributed by atoms with Crippen LogP contribution >= 0.6 is 0 Å². The van der Waals surface area contributed by atoms with E-state index in [1.54, 1.807) is 0 Å². The number of carboxylic acids is 1. The van der Waals surface area contributed by atoms with Crippen LogP contribution in [0.25, 0.3) is 0 Å². The van der Waals surface area contributed by atoms with Crippen molar-refractivity contribution in [2.45, 2.75) is 38.9 Å². The second-order valence-electron chi connectivity index (χ2n) is 5.11. The summed E-state index contributed by atoms with van der Waals surface area (Å²) >= 11 is 0. The van der Waals surface area contributed by atoms with Crippen molar-refractivity contribution in [3.05, 3.63) is 29.8 Å². The van der Waals surface area contributed by atoms with E-state index in [0.29, 0.717) is 13.0 Å². The van der Waals surface area contributed by atoms with E-state index in [0.717, 1.165) is 17.7 Å². The van der Waals surface area contributed by atoms with E-state index >= 15 is 0 Å². The highest BCUT2D eigenvalue weighted by molar-refractivity contribution is 5.71. The Labute approximate surface area is 113 Å². The zero-order valence-electron chi connectivity index (χ0n) is 11.3. The van der Waals surface area contributed by atoms with Crippen molar-refractivity contribution in [1.82, 2.24) is 0 Å². The van der Waals surface area contributed by atoms with E-state index in [-0.39, 0.29) is 12.2 Å². The van der Waals surface area contributed by atoms with E-state index in [1.165, 1.54) is 0 Å². The normalized spacial score (nSPS) is 23.3. The first-order valence-electron chi connectivity index (χ1n) is 6.69. The smallest absolute Gasteiger partial charge is 0.309 e. The third kappa shape index (κ3) is 3.47. The SMILES string of the molecule is CC(C)Oc1ccc(C2OCCCC2C(=O)O)cc1. The topological polar surface area (TPSA) is 55.8 Å². The van der Waals surface area contributed by atoms with Gasteiger partial charge in [0.15, 0.2) is 0 Å². The lowest BCUT2D eigenvalue weighted by Gasteiger charge is -2.29. The van der Waals surface area contributed by atoms with Gasteiger partial charge in [0.05, 0.1) is 18.1 Å². The monoisotopic (exact) mass is 264 g/mol. The van der Waals surface area contributed by atoms with Crippen molar-refractivity contribution in [1.29, 1.82) is 0 Å². The summed E-state index contributed by atoms with van der Waals surface area (Å²) in [5, 5.41) is 9.24. The van der Waals surface area contributed by atoms with E-state index in [2.05, 4.69) is 0 Å². The Morgan fingerprint density at radius 1 is 1.37 bits per heavy atom. The van der Waals surface area contributed by atoms with Crippen LogP contribution in [0.5, 0.6) is 5.75 Å². The van der Waals surface area contributed by atoms with Crippen LogP contribution in [0.3, 0.4) is 0 Å². The van der Waals surface area contributed by atoms with Gasteiger partial charge in [-0.15, -0.1) is 0 Å². The predicted molar refractivity (Wildman–Crippen MR) is 71.3 cm³/mol. The molecule has 2 rings (SSSR count). The molecule has 4 nitrogen and oxygen atoms in total. The first-order chi connectivity index (χ1) is 9.08. The zero-order chi connectivity index (χ0) is 13.8. The zero-order valence-corrected chi connectivity index (χ0v) is 11.3. The maximum atomic E-state index is 11.2. The van der Waals surface area contributed by atoms with Crippen molar-refractivity contribution in [3.63, 3.8) is 0 Å². The van der Waals surface area contributed by atoms with Crippen LogP contribution in [-0.2, 0) is 9.53 Å². The van der Waals surface area contributed by atoms with E-state index in [9.17, 15) is 9.90 Å². The molecule has 2 atom stereocenters. The number of aliphatic carboxylic acids is 1. The molecule has 0 radical (unpaired) electrons. The number of benzene rings is 1. The molecule has 2 unspecified atom stereocenters. The van der Waals surface area contributed by atoms with Gasteiger partial charge in [-0.1, -0.05) is 12.1 Å². The Morgan fingerprint density at radius 3 is 2.63 bits per heavy atom. The van der Waals surface area contributed by atoms with Gasteiger partial charge in [0.25, 0.3) is 0 Å². The van der Waals surface area contributed by atoms with Gasteiger partial charge < -0.3 is 14.6 Å². The lowest BCUT2D eigenvalue weighted by atomic mass is 9.89. The van der Waals surface area contributed by atoms with Gasteiger partial charge >= 0.3 is 5.97 Å². The van der Waals surface area contributed by atoms with Crippen molar-refractivity contribution in [3.8, 4) is 5.75 Å². The summed E-state index contributed by atoms with van der Waals surface area (Å²) in [5.74, 6) is -0.445. The Morgan fingerprint density at radius 2 is 2.05 bits per heavy atom. The number of ether oxygens (including phenoxy) is 2. The molecular weight excluding hydrogens is 244 g/mol. The Kier molecular flexibility index (Phi) is 4.43. The molecule has 1 aliphatic rings. The molecule has 1 fully saturated rings. The van der Waals surface area contributed by atoms with Crippen molar-refractivity contribution in [2.24, 2.45) is 5.92 Å². The molecule has 0 saturated carbocycles. The van der Waals surface area contributed by atoms with Crippen LogP contribution in [0.1, 0.15) is 38.4 Å². The summed E-state index contributed by atoms with van der Waals surface area (Å²) in [6.07, 6.45) is 1.26. The summed E-state index contributed by atoms with van der Waals surface area (Å²) < 4.78 is 11.2. The van der Waals surface area contributed by atoms with Gasteiger partial charge in [-0.3, -0.25) is 4.79 Å². The summed E-state index contributed by atoms with van der Waals surface area (Å²) in [6, 6.07) is 7.52. The van der Waals surface area contributed by atoms with Gasteiger partial charge in [-0.2, -0.15) is 0 Å². The van der Waals surface area contributed by atoms with Crippen molar-refractivity contribution < 1.29 is 19.4 Å². The molecule has 4 heteroatoms. The van der Waals surface area contributed by atoms with E-state index < -0.39 is 11.9 Å². The summed E-state index contributed by atoms with van der Waals surface area (Å²) in [6.45, 7) is 4.57. The standard InChI is InChI=1S/C15H20O4/c1-10(2)19-12-7-5-11(6-8-12)14-13(15(16)17)4-3-9-18-14/h5-8,10,13-14H,3-4,9H2,1-2H3,(H,16,17). The molecule has 1 saturated heterocycles. The second-order valence-corrected chi connectivity index (χ2v) is 5.11. The second kappa shape index (κ2) is 6.06. The maximum Gasteiger partial charge on any atom is 0.309 e. The van der Waals surface area contributed by atoms with Gasteiger partial charge in [-0.25, -0.2) is 0 Å². The third-order valence-electron chi connectivity index (χ3n) is 3.22. The molecule has 0 amide bonds. The molecule has 1 aromatic carbocycles. The van der Waals surface area contributed by atoms with Crippen LogP contribution in [-0.4, -0.2) is 23.8 Å². The largest absolute Gasteiger partial charge is 0.491 e. The average Bonchev–Trinajstić information content (AvgIpc) is 2.39. The van der Waals surface area contributed by atoms with E-state index in [1.807, 2.05) is 38.1 Å². The van der Waals surface area contributed by atoms with Crippen LogP contribution in [0, 0.1) is 5.92 Å². The molecule has 1 N–H and O–H groups in total. The number of hydrogen-bond acceptors (Lipinski definition) is 3. The first kappa shape index (κ1) is 13.9. The minimum absolute atomic E-state index is 0.128. The summed E-state index contributed by atoms with van der Waals surface area (Å²) in [7, 11) is 0. The summed E-state index contributed by atoms with van der Waals surface area (Å²) in [5.41, 5.74) is 0.906. The molecule has 104 valence electrons. The molecule has 1 aliphatic heterocycles. The lowest BCUT2D eigenvalue weighted by Crippen LogP contribution is -2.28. The van der Waals surface area contributed by atoms with Gasteiger partial charge in [-0.05, 0) is 44.4 Å². The Balaban J connectivity index is 2.13. The molecule has 0 spiro atoms. The van der Waals surface area contributed by atoms with Crippen LogP contribution < -0.4 is 4.74 Å². The fraction of sp³-hybridized carbons (Fsp3) is 0.533.